The Kier molecular flexibility index (Phi) is 2.56. The van der Waals surface area contributed by atoms with Crippen molar-refractivity contribution in [3.63, 3.8) is 0 Å². The first-order valence-corrected chi connectivity index (χ1v) is 6.56. The highest BCUT2D eigenvalue weighted by atomic mass is 32.2. The Bertz CT molecular complexity index is 448. The number of sulfonamides is 1. The molecule has 1 saturated carbocycles. The van der Waals surface area contributed by atoms with Gasteiger partial charge in [-0.25, -0.2) is 18.1 Å². The van der Waals surface area contributed by atoms with Gasteiger partial charge in [-0.3, -0.25) is 0 Å². The average Bonchev–Trinajstić information content (AvgIpc) is 2.95. The van der Waals surface area contributed by atoms with Crippen LogP contribution >= 0.6 is 0 Å². The van der Waals surface area contributed by atoms with Gasteiger partial charge in [0, 0.05) is 18.4 Å². The summed E-state index contributed by atoms with van der Waals surface area (Å²) < 4.78 is 27.6. The lowest BCUT2D eigenvalue weighted by Crippen LogP contribution is -2.26. The Balaban J connectivity index is 2.32. The molecule has 0 spiro atoms. The van der Waals surface area contributed by atoms with Crippen LogP contribution in [0.3, 0.4) is 0 Å². The van der Waals surface area contributed by atoms with Gasteiger partial charge in [-0.15, -0.1) is 0 Å². The highest BCUT2D eigenvalue weighted by Gasteiger charge is 2.31. The molecule has 1 heterocycles. The summed E-state index contributed by atoms with van der Waals surface area (Å²) in [6, 6.07) is 0.456. The minimum absolute atomic E-state index is 0.456. The third-order valence-electron chi connectivity index (χ3n) is 2.75. The van der Waals surface area contributed by atoms with E-state index in [2.05, 4.69) is 9.71 Å². The molecule has 0 saturated heterocycles. The maximum Gasteiger partial charge on any atom is 0.221 e. The lowest BCUT2D eigenvalue weighted by atomic mass is 10.4. The molecule has 1 atom stereocenters. The molecule has 84 valence electrons. The molecule has 0 radical (unpaired) electrons. The molecule has 0 unspecified atom stereocenters. The third kappa shape index (κ3) is 1.91. The Labute approximate surface area is 89.6 Å². The van der Waals surface area contributed by atoms with Gasteiger partial charge in [0.05, 0.1) is 0 Å². The highest BCUT2D eigenvalue weighted by molar-refractivity contribution is 7.89. The lowest BCUT2D eigenvalue weighted by Gasteiger charge is -2.13. The van der Waals surface area contributed by atoms with Gasteiger partial charge in [-0.2, -0.15) is 0 Å². The second kappa shape index (κ2) is 3.61. The Hall–Kier alpha value is -0.880. The van der Waals surface area contributed by atoms with Crippen molar-refractivity contribution < 1.29 is 8.42 Å². The summed E-state index contributed by atoms with van der Waals surface area (Å²) in [6.45, 7) is 1.66. The van der Waals surface area contributed by atoms with Gasteiger partial charge in [0.1, 0.15) is 11.1 Å². The summed E-state index contributed by atoms with van der Waals surface area (Å²) in [5.74, 6) is 0.631. The molecule has 0 aromatic carbocycles. The average molecular weight is 229 g/mol. The summed E-state index contributed by atoms with van der Waals surface area (Å²) in [4.78, 5) is 4.14. The Morgan fingerprint density at radius 3 is 2.80 bits per heavy atom. The summed E-state index contributed by atoms with van der Waals surface area (Å²) in [7, 11) is -1.86. The molecule has 5 nitrogen and oxygen atoms in total. The first-order chi connectivity index (χ1) is 7.06. The number of aromatic nitrogens is 2. The first-order valence-electron chi connectivity index (χ1n) is 5.01. The Morgan fingerprint density at radius 1 is 1.60 bits per heavy atom. The standard InChI is InChI=1S/C9H15N3O2S/c1-7(15(13,14)10-2)9-11-5-6-12(9)8-3-4-8/h5-8,10H,3-4H2,1-2H3/t7-/m0/s1. The van der Waals surface area contributed by atoms with Crippen molar-refractivity contribution >= 4 is 10.0 Å². The number of hydrogen-bond acceptors (Lipinski definition) is 3. The van der Waals surface area contributed by atoms with Gasteiger partial charge >= 0.3 is 0 Å². The van der Waals surface area contributed by atoms with Crippen LogP contribution < -0.4 is 4.72 Å². The molecule has 1 aromatic rings. The van der Waals surface area contributed by atoms with E-state index in [0.717, 1.165) is 12.8 Å². The number of nitrogens with zero attached hydrogens (tertiary/aromatic N) is 2. The molecule has 0 bridgehead atoms. The molecule has 1 aromatic heterocycles. The maximum atomic E-state index is 11.6. The topological polar surface area (TPSA) is 64.0 Å². The van der Waals surface area contributed by atoms with Gasteiger partial charge in [-0.1, -0.05) is 0 Å². The molecular formula is C9H15N3O2S. The molecule has 1 aliphatic rings. The van der Waals surface area contributed by atoms with Gasteiger partial charge in [0.25, 0.3) is 0 Å². The van der Waals surface area contributed by atoms with Crippen LogP contribution in [-0.4, -0.2) is 25.0 Å². The number of hydrogen-bond donors (Lipinski definition) is 1. The summed E-state index contributed by atoms with van der Waals surface area (Å²) in [6.07, 6.45) is 5.76. The smallest absolute Gasteiger partial charge is 0.221 e. The van der Waals surface area contributed by atoms with E-state index >= 15 is 0 Å². The molecule has 0 aliphatic heterocycles. The second-order valence-electron chi connectivity index (χ2n) is 3.82. The second-order valence-corrected chi connectivity index (χ2v) is 6.02. The molecule has 6 heteroatoms. The minimum atomic E-state index is -3.28. The van der Waals surface area contributed by atoms with Crippen LogP contribution in [-0.2, 0) is 10.0 Å². The van der Waals surface area contributed by atoms with Crippen molar-refractivity contribution in [2.75, 3.05) is 7.05 Å². The van der Waals surface area contributed by atoms with Gasteiger partial charge in [0.2, 0.25) is 10.0 Å². The van der Waals surface area contributed by atoms with E-state index in [9.17, 15) is 8.42 Å². The van der Waals surface area contributed by atoms with E-state index in [4.69, 9.17) is 0 Å². The zero-order valence-corrected chi connectivity index (χ0v) is 9.66. The van der Waals surface area contributed by atoms with Gasteiger partial charge in [-0.05, 0) is 26.8 Å². The summed E-state index contributed by atoms with van der Waals surface area (Å²) >= 11 is 0. The summed E-state index contributed by atoms with van der Waals surface area (Å²) in [5, 5.41) is -0.599. The van der Waals surface area contributed by atoms with E-state index in [1.54, 1.807) is 13.1 Å². The van der Waals surface area contributed by atoms with Crippen LogP contribution in [0.4, 0.5) is 0 Å². The monoisotopic (exact) mass is 229 g/mol. The molecule has 0 amide bonds. The van der Waals surface area contributed by atoms with Crippen molar-refractivity contribution in [1.29, 1.82) is 0 Å². The highest BCUT2D eigenvalue weighted by Crippen LogP contribution is 2.37. The van der Waals surface area contributed by atoms with Crippen molar-refractivity contribution in [3.8, 4) is 0 Å². The predicted octanol–water partition coefficient (Wildman–Crippen LogP) is 0.828. The third-order valence-corrected chi connectivity index (χ3v) is 4.46. The van der Waals surface area contributed by atoms with Crippen molar-refractivity contribution in [1.82, 2.24) is 14.3 Å². The molecule has 1 aliphatic carbocycles. The maximum absolute atomic E-state index is 11.6. The van der Waals surface area contributed by atoms with Crippen LogP contribution in [0, 0.1) is 0 Å². The van der Waals surface area contributed by atoms with E-state index in [-0.39, 0.29) is 0 Å². The van der Waals surface area contributed by atoms with Gasteiger partial charge in [0.15, 0.2) is 0 Å². The van der Waals surface area contributed by atoms with E-state index in [1.165, 1.54) is 7.05 Å². The van der Waals surface area contributed by atoms with Crippen LogP contribution in [0.2, 0.25) is 0 Å². The first kappa shape index (κ1) is 10.6. The van der Waals surface area contributed by atoms with Crippen molar-refractivity contribution in [3.05, 3.63) is 18.2 Å². The van der Waals surface area contributed by atoms with Crippen LogP contribution in [0.1, 0.15) is 36.9 Å². The molecule has 1 N–H and O–H groups in total. The van der Waals surface area contributed by atoms with E-state index in [0.29, 0.717) is 11.9 Å². The SMILES string of the molecule is CNS(=O)(=O)[C@@H](C)c1nccn1C1CC1. The fraction of sp³-hybridized carbons (Fsp3) is 0.667. The molecular weight excluding hydrogens is 214 g/mol. The molecule has 2 rings (SSSR count). The molecule has 1 fully saturated rings. The minimum Gasteiger partial charge on any atom is -0.331 e. The number of nitrogens with one attached hydrogen (secondary N) is 1. The van der Waals surface area contributed by atoms with Crippen LogP contribution in [0.15, 0.2) is 12.4 Å². The van der Waals surface area contributed by atoms with Crippen LogP contribution in [0.5, 0.6) is 0 Å². The predicted molar refractivity (Wildman–Crippen MR) is 56.9 cm³/mol. The Morgan fingerprint density at radius 2 is 2.27 bits per heavy atom. The van der Waals surface area contributed by atoms with E-state index in [1.807, 2.05) is 10.8 Å². The zero-order valence-electron chi connectivity index (χ0n) is 8.84. The fourth-order valence-electron chi connectivity index (χ4n) is 1.62. The lowest BCUT2D eigenvalue weighted by molar-refractivity contribution is 0.567. The van der Waals surface area contributed by atoms with Gasteiger partial charge < -0.3 is 4.57 Å². The van der Waals surface area contributed by atoms with Crippen molar-refractivity contribution in [2.45, 2.75) is 31.1 Å². The zero-order chi connectivity index (χ0) is 11.1. The fourth-order valence-corrected chi connectivity index (χ4v) is 2.43. The molecule has 15 heavy (non-hydrogen) atoms. The van der Waals surface area contributed by atoms with E-state index < -0.39 is 15.3 Å². The normalized spacial score (nSPS) is 19.1. The largest absolute Gasteiger partial charge is 0.331 e. The van der Waals surface area contributed by atoms with Crippen LogP contribution in [0.25, 0.3) is 0 Å². The number of rotatable bonds is 4. The summed E-state index contributed by atoms with van der Waals surface area (Å²) in [5.41, 5.74) is 0. The quantitative estimate of drug-likeness (QED) is 0.831. The van der Waals surface area contributed by atoms with Crippen molar-refractivity contribution in [2.24, 2.45) is 0 Å². The number of imidazole rings is 1.